The summed E-state index contributed by atoms with van der Waals surface area (Å²) in [5.74, 6) is 0.756. The fourth-order valence-corrected chi connectivity index (χ4v) is 4.34. The molecule has 2 unspecified atom stereocenters. The Morgan fingerprint density at radius 2 is 2.14 bits per heavy atom. The number of amides is 1. The van der Waals surface area contributed by atoms with E-state index in [0.717, 1.165) is 11.4 Å². The average molecular weight is 409 g/mol. The van der Waals surface area contributed by atoms with Crippen molar-refractivity contribution in [1.29, 1.82) is 0 Å². The Morgan fingerprint density at radius 3 is 2.71 bits per heavy atom. The minimum Gasteiger partial charge on any atom is -0.465 e. The van der Waals surface area contributed by atoms with Gasteiger partial charge in [-0.25, -0.2) is 14.8 Å². The molecule has 3 heterocycles. The molecule has 8 heteroatoms. The van der Waals surface area contributed by atoms with Crippen molar-refractivity contribution in [2.75, 3.05) is 31.2 Å². The highest BCUT2D eigenvalue weighted by Gasteiger charge is 2.44. The number of rotatable bonds is 3. The Hall–Kier alpha value is -1.86. The van der Waals surface area contributed by atoms with Crippen LogP contribution in [-0.4, -0.2) is 58.4 Å². The molecule has 1 aromatic rings. The molecule has 1 saturated heterocycles. The quantitative estimate of drug-likeness (QED) is 0.599. The third-order valence-corrected chi connectivity index (χ3v) is 5.84. The number of hydrogen-bond acceptors (Lipinski definition) is 5. The van der Waals surface area contributed by atoms with Crippen molar-refractivity contribution in [2.45, 2.75) is 52.1 Å². The molecule has 0 radical (unpaired) electrons. The zero-order valence-electron chi connectivity index (χ0n) is 17.0. The fraction of sp³-hybridized carbons (Fsp3) is 0.650. The minimum atomic E-state index is -0.956. The third kappa shape index (κ3) is 3.82. The molecule has 0 aliphatic carbocycles. The Labute approximate surface area is 171 Å². The van der Waals surface area contributed by atoms with Gasteiger partial charge in [-0.2, -0.15) is 0 Å². The highest BCUT2D eigenvalue weighted by Crippen LogP contribution is 2.48. The minimum absolute atomic E-state index is 0.0537. The third-order valence-electron chi connectivity index (χ3n) is 5.67. The van der Waals surface area contributed by atoms with Crippen LogP contribution in [0.1, 0.15) is 57.3 Å². The van der Waals surface area contributed by atoms with Gasteiger partial charge in [0.05, 0.1) is 31.0 Å². The van der Waals surface area contributed by atoms with Gasteiger partial charge in [-0.1, -0.05) is 26.8 Å². The lowest BCUT2D eigenvalue weighted by Crippen LogP contribution is -2.48. The molecule has 1 fully saturated rings. The van der Waals surface area contributed by atoms with Crippen molar-refractivity contribution in [2.24, 2.45) is 5.41 Å². The molecule has 154 valence electrons. The highest BCUT2D eigenvalue weighted by atomic mass is 35.5. The van der Waals surface area contributed by atoms with Gasteiger partial charge in [0.15, 0.2) is 0 Å². The number of carbonyl (C=O) groups is 1. The van der Waals surface area contributed by atoms with Crippen LogP contribution >= 0.6 is 11.6 Å². The molecule has 2 aliphatic heterocycles. The summed E-state index contributed by atoms with van der Waals surface area (Å²) in [5.41, 5.74) is 1.53. The molecule has 1 aromatic heterocycles. The van der Waals surface area contributed by atoms with Gasteiger partial charge < -0.3 is 14.7 Å². The first-order valence-corrected chi connectivity index (χ1v) is 10.0. The molecule has 3 atom stereocenters. The smallest absolute Gasteiger partial charge is 0.407 e. The van der Waals surface area contributed by atoms with E-state index in [4.69, 9.17) is 16.3 Å². The van der Waals surface area contributed by atoms with Crippen molar-refractivity contribution >= 4 is 23.5 Å². The maximum absolute atomic E-state index is 12.0. The molecular weight excluding hydrogens is 380 g/mol. The number of anilines is 1. The number of fused-ring (bicyclic) bond motifs is 1. The van der Waals surface area contributed by atoms with Gasteiger partial charge in [-0.05, 0) is 30.4 Å². The number of morpholine rings is 1. The maximum Gasteiger partial charge on any atom is 0.407 e. The lowest BCUT2D eigenvalue weighted by molar-refractivity contribution is 0.0935. The predicted molar refractivity (Wildman–Crippen MR) is 109 cm³/mol. The molecule has 7 nitrogen and oxygen atoms in total. The van der Waals surface area contributed by atoms with E-state index in [-0.39, 0.29) is 22.7 Å². The van der Waals surface area contributed by atoms with Gasteiger partial charge in [-0.3, -0.25) is 4.90 Å². The summed E-state index contributed by atoms with van der Waals surface area (Å²) in [7, 11) is 0. The van der Waals surface area contributed by atoms with E-state index in [0.29, 0.717) is 38.4 Å². The first-order chi connectivity index (χ1) is 13.1. The van der Waals surface area contributed by atoms with E-state index in [2.05, 4.69) is 49.1 Å². The molecule has 2 aliphatic rings. The highest BCUT2D eigenvalue weighted by molar-refractivity contribution is 6.28. The summed E-state index contributed by atoms with van der Waals surface area (Å²) < 4.78 is 5.59. The molecule has 0 bridgehead atoms. The van der Waals surface area contributed by atoms with E-state index in [1.807, 2.05) is 0 Å². The molecule has 0 aromatic carbocycles. The SMILES string of the molecule is C=CCC1c2nc(Cl)nc(N3CCOC[C@@H]3C)c2C(C(C)(C)C)CN1C(=O)O. The molecule has 0 saturated carbocycles. The summed E-state index contributed by atoms with van der Waals surface area (Å²) in [5, 5.41) is 10.0. The lowest BCUT2D eigenvalue weighted by atomic mass is 9.72. The molecule has 0 spiro atoms. The zero-order chi connectivity index (χ0) is 20.6. The number of carboxylic acid groups (broad SMARTS) is 1. The van der Waals surface area contributed by atoms with E-state index >= 15 is 0 Å². The lowest BCUT2D eigenvalue weighted by Gasteiger charge is -2.46. The maximum atomic E-state index is 12.0. The van der Waals surface area contributed by atoms with E-state index in [1.54, 1.807) is 6.08 Å². The average Bonchev–Trinajstić information content (AvgIpc) is 2.60. The number of ether oxygens (including phenoxy) is 1. The molecule has 1 amide bonds. The Morgan fingerprint density at radius 1 is 1.43 bits per heavy atom. The molecule has 3 rings (SSSR count). The second-order valence-electron chi connectivity index (χ2n) is 8.63. The summed E-state index contributed by atoms with van der Waals surface area (Å²) in [4.78, 5) is 24.9. The number of hydrogen-bond donors (Lipinski definition) is 1. The first-order valence-electron chi connectivity index (χ1n) is 9.67. The van der Waals surface area contributed by atoms with Crippen molar-refractivity contribution in [3.8, 4) is 0 Å². The van der Waals surface area contributed by atoms with Crippen LogP contribution < -0.4 is 4.90 Å². The van der Waals surface area contributed by atoms with E-state index < -0.39 is 12.1 Å². The topological polar surface area (TPSA) is 78.8 Å². The summed E-state index contributed by atoms with van der Waals surface area (Å²) in [6.45, 7) is 14.6. The Kier molecular flexibility index (Phi) is 5.87. The van der Waals surface area contributed by atoms with Crippen LogP contribution in [0, 0.1) is 5.41 Å². The van der Waals surface area contributed by atoms with Gasteiger partial charge in [0, 0.05) is 24.6 Å². The second-order valence-corrected chi connectivity index (χ2v) is 8.96. The van der Waals surface area contributed by atoms with Crippen LogP contribution in [0.3, 0.4) is 0 Å². The Balaban J connectivity index is 2.24. The first kappa shape index (κ1) is 20.9. The van der Waals surface area contributed by atoms with E-state index in [1.165, 1.54) is 4.90 Å². The van der Waals surface area contributed by atoms with Crippen LogP contribution in [0.2, 0.25) is 5.28 Å². The molecule has 28 heavy (non-hydrogen) atoms. The van der Waals surface area contributed by atoms with Gasteiger partial charge in [0.25, 0.3) is 0 Å². The van der Waals surface area contributed by atoms with Crippen LogP contribution in [0.15, 0.2) is 12.7 Å². The van der Waals surface area contributed by atoms with Crippen LogP contribution in [0.5, 0.6) is 0 Å². The largest absolute Gasteiger partial charge is 0.465 e. The normalized spacial score (nSPS) is 25.4. The number of halogens is 1. The number of nitrogens with zero attached hydrogens (tertiary/aromatic N) is 4. The standard InChI is InChI=1S/C20H29ClN4O3/c1-6-7-14-16-15(13(20(3,4)5)10-25(14)19(26)27)17(23-18(21)22-16)24-8-9-28-11-12(24)2/h6,12-14H,1,7-11H2,2-5H3,(H,26,27)/t12-,13?,14?/m0/s1. The summed E-state index contributed by atoms with van der Waals surface area (Å²) in [6, 6.07) is -0.265. The molecule has 1 N–H and O–H groups in total. The van der Waals surface area contributed by atoms with Crippen molar-refractivity contribution in [3.63, 3.8) is 0 Å². The van der Waals surface area contributed by atoms with Crippen LogP contribution in [-0.2, 0) is 4.74 Å². The van der Waals surface area contributed by atoms with Gasteiger partial charge in [0.2, 0.25) is 5.28 Å². The fourth-order valence-electron chi connectivity index (χ4n) is 4.17. The van der Waals surface area contributed by atoms with Crippen LogP contribution in [0.4, 0.5) is 10.6 Å². The van der Waals surface area contributed by atoms with Gasteiger partial charge in [0.1, 0.15) is 5.82 Å². The van der Waals surface area contributed by atoms with E-state index in [9.17, 15) is 9.90 Å². The van der Waals surface area contributed by atoms with Gasteiger partial charge >= 0.3 is 6.09 Å². The molecular formula is C20H29ClN4O3. The zero-order valence-corrected chi connectivity index (χ0v) is 17.7. The summed E-state index contributed by atoms with van der Waals surface area (Å²) in [6.07, 6.45) is 1.25. The van der Waals surface area contributed by atoms with Crippen molar-refractivity contribution in [1.82, 2.24) is 14.9 Å². The number of aromatic nitrogens is 2. The Bertz CT molecular complexity index is 765. The van der Waals surface area contributed by atoms with Crippen LogP contribution in [0.25, 0.3) is 0 Å². The predicted octanol–water partition coefficient (Wildman–Crippen LogP) is 4.10. The van der Waals surface area contributed by atoms with Crippen molar-refractivity contribution in [3.05, 3.63) is 29.2 Å². The summed E-state index contributed by atoms with van der Waals surface area (Å²) >= 11 is 6.33. The second kappa shape index (κ2) is 7.87. The monoisotopic (exact) mass is 408 g/mol. The van der Waals surface area contributed by atoms with Gasteiger partial charge in [-0.15, -0.1) is 6.58 Å². The van der Waals surface area contributed by atoms with Crippen molar-refractivity contribution < 1.29 is 14.6 Å².